The maximum atomic E-state index is 12.7. The maximum absolute atomic E-state index is 12.7. The molecule has 3 atom stereocenters. The van der Waals surface area contributed by atoms with E-state index in [2.05, 4.69) is 10.3 Å². The van der Waals surface area contributed by atoms with E-state index in [1.807, 2.05) is 17.9 Å². The van der Waals surface area contributed by atoms with E-state index in [1.165, 1.54) is 0 Å². The number of aromatic nitrogens is 1. The zero-order chi connectivity index (χ0) is 19.9. The Bertz CT molecular complexity index is 801. The summed E-state index contributed by atoms with van der Waals surface area (Å²) in [5.41, 5.74) is 6.04. The molecule has 3 fully saturated rings. The third kappa shape index (κ3) is 3.43. The van der Waals surface area contributed by atoms with Gasteiger partial charge in [0, 0.05) is 25.3 Å². The summed E-state index contributed by atoms with van der Waals surface area (Å²) < 4.78 is 0. The molecule has 9 heteroatoms. The van der Waals surface area contributed by atoms with Crippen LogP contribution in [0, 0.1) is 5.92 Å². The number of amides is 3. The monoisotopic (exact) mass is 403 g/mol. The van der Waals surface area contributed by atoms with Crippen molar-refractivity contribution in [3.05, 3.63) is 18.3 Å². The predicted octanol–water partition coefficient (Wildman–Crippen LogP) is 1.18. The summed E-state index contributed by atoms with van der Waals surface area (Å²) in [5, 5.41) is 2.89. The topological polar surface area (TPSA) is 109 Å². The van der Waals surface area contributed by atoms with Crippen LogP contribution in [0.3, 0.4) is 0 Å². The number of hydrogen-bond donors (Lipinski definition) is 2. The largest absolute Gasteiger partial charge is 0.369 e. The lowest BCUT2D eigenvalue weighted by Gasteiger charge is -2.32. The minimum Gasteiger partial charge on any atom is -0.369 e. The van der Waals surface area contributed by atoms with E-state index in [1.54, 1.807) is 28.9 Å². The Balaban J connectivity index is 1.40. The summed E-state index contributed by atoms with van der Waals surface area (Å²) in [6, 6.07) is 3.21. The van der Waals surface area contributed by atoms with Gasteiger partial charge in [-0.2, -0.15) is 0 Å². The Morgan fingerprint density at radius 2 is 2.21 bits per heavy atom. The van der Waals surface area contributed by atoms with Crippen molar-refractivity contribution in [3.63, 3.8) is 0 Å². The Kier molecular flexibility index (Phi) is 4.95. The van der Waals surface area contributed by atoms with Crippen LogP contribution in [0.5, 0.6) is 0 Å². The highest BCUT2D eigenvalue weighted by Crippen LogP contribution is 2.47. The minimum absolute atomic E-state index is 0.0511. The normalized spacial score (nSPS) is 29.7. The lowest BCUT2D eigenvalue weighted by Crippen LogP contribution is -2.48. The molecule has 0 spiro atoms. The van der Waals surface area contributed by atoms with Crippen molar-refractivity contribution in [2.75, 3.05) is 29.1 Å². The number of nitrogens with two attached hydrogens (primary N) is 1. The van der Waals surface area contributed by atoms with Crippen molar-refractivity contribution in [3.8, 4) is 0 Å². The van der Waals surface area contributed by atoms with Crippen LogP contribution in [0.2, 0.25) is 0 Å². The zero-order valence-corrected chi connectivity index (χ0v) is 16.7. The van der Waals surface area contributed by atoms with Gasteiger partial charge >= 0.3 is 0 Å². The molecule has 1 aromatic heterocycles. The fourth-order valence-electron chi connectivity index (χ4n) is 4.30. The van der Waals surface area contributed by atoms with Gasteiger partial charge in [-0.15, -0.1) is 11.8 Å². The van der Waals surface area contributed by atoms with Crippen molar-refractivity contribution >= 4 is 41.0 Å². The molecule has 28 heavy (non-hydrogen) atoms. The number of rotatable bonds is 4. The van der Waals surface area contributed by atoms with Gasteiger partial charge < -0.3 is 20.9 Å². The zero-order valence-electron chi connectivity index (χ0n) is 15.9. The number of nitrogens with zero attached hydrogens (tertiary/aromatic N) is 3. The molecule has 3 aliphatic rings. The molecule has 3 unspecified atom stereocenters. The summed E-state index contributed by atoms with van der Waals surface area (Å²) in [7, 11) is 0. The predicted molar refractivity (Wildman–Crippen MR) is 108 cm³/mol. The van der Waals surface area contributed by atoms with E-state index in [0.717, 1.165) is 31.6 Å². The summed E-state index contributed by atoms with van der Waals surface area (Å²) in [5.74, 6) is 0.835. The average molecular weight is 404 g/mol. The molecule has 150 valence electrons. The highest BCUT2D eigenvalue weighted by Gasteiger charge is 2.52. The van der Waals surface area contributed by atoms with E-state index >= 15 is 0 Å². The Morgan fingerprint density at radius 3 is 2.93 bits per heavy atom. The molecular weight excluding hydrogens is 378 g/mol. The van der Waals surface area contributed by atoms with Crippen LogP contribution in [0.1, 0.15) is 32.6 Å². The van der Waals surface area contributed by atoms with E-state index in [9.17, 15) is 14.4 Å². The second-order valence-corrected chi connectivity index (χ2v) is 9.35. The summed E-state index contributed by atoms with van der Waals surface area (Å²) in [6.07, 6.45) is 4.63. The number of carbonyl (C=O) groups excluding carboxylic acids is 3. The van der Waals surface area contributed by atoms with Gasteiger partial charge in [-0.1, -0.05) is 0 Å². The van der Waals surface area contributed by atoms with Gasteiger partial charge in [-0.3, -0.25) is 14.4 Å². The van der Waals surface area contributed by atoms with Gasteiger partial charge in [-0.05, 0) is 38.3 Å². The van der Waals surface area contributed by atoms with E-state index in [4.69, 9.17) is 5.73 Å². The van der Waals surface area contributed by atoms with Crippen molar-refractivity contribution in [2.45, 2.75) is 43.5 Å². The summed E-state index contributed by atoms with van der Waals surface area (Å²) >= 11 is 1.67. The molecule has 0 aliphatic carbocycles. The van der Waals surface area contributed by atoms with Crippen LogP contribution >= 0.6 is 11.8 Å². The highest BCUT2D eigenvalue weighted by molar-refractivity contribution is 8.01. The number of anilines is 2. The van der Waals surface area contributed by atoms with Crippen LogP contribution in [0.15, 0.2) is 18.3 Å². The van der Waals surface area contributed by atoms with E-state index in [0.29, 0.717) is 24.4 Å². The molecule has 0 radical (unpaired) electrons. The number of fused-ring (bicyclic) bond motifs is 1. The van der Waals surface area contributed by atoms with Crippen molar-refractivity contribution in [1.82, 2.24) is 9.88 Å². The first-order chi connectivity index (χ1) is 13.4. The molecule has 1 aromatic rings. The first-order valence-electron chi connectivity index (χ1n) is 9.65. The third-order valence-electron chi connectivity index (χ3n) is 5.91. The lowest BCUT2D eigenvalue weighted by molar-refractivity contribution is -0.135. The molecule has 0 bridgehead atoms. The Hall–Kier alpha value is -2.29. The van der Waals surface area contributed by atoms with E-state index in [-0.39, 0.29) is 28.5 Å². The van der Waals surface area contributed by atoms with Crippen LogP contribution < -0.4 is 16.0 Å². The maximum Gasteiger partial charge on any atom is 0.248 e. The average Bonchev–Trinajstić information content (AvgIpc) is 3.18. The quantitative estimate of drug-likeness (QED) is 0.781. The molecule has 3 aliphatic heterocycles. The first kappa shape index (κ1) is 19.0. The number of pyridine rings is 1. The molecule has 4 heterocycles. The summed E-state index contributed by atoms with van der Waals surface area (Å²) in [4.78, 5) is 44.4. The van der Waals surface area contributed by atoms with Crippen molar-refractivity contribution in [1.29, 1.82) is 0 Å². The van der Waals surface area contributed by atoms with Gasteiger partial charge in [0.15, 0.2) is 0 Å². The van der Waals surface area contributed by atoms with Crippen LogP contribution in [-0.4, -0.2) is 57.4 Å². The Labute approximate surface area is 168 Å². The molecule has 0 saturated carbocycles. The van der Waals surface area contributed by atoms with Gasteiger partial charge in [0.2, 0.25) is 17.7 Å². The number of thioether (sulfide) groups is 1. The number of nitrogens with one attached hydrogen (secondary N) is 1. The minimum atomic E-state index is -0.442. The lowest BCUT2D eigenvalue weighted by atomic mass is 9.97. The molecule has 0 aromatic carbocycles. The van der Waals surface area contributed by atoms with Crippen molar-refractivity contribution in [2.24, 2.45) is 11.7 Å². The van der Waals surface area contributed by atoms with E-state index < -0.39 is 6.04 Å². The Morgan fingerprint density at radius 1 is 1.39 bits per heavy atom. The standard InChI is InChI=1S/C19H25N5O3S/c1-19-7-6-16(25)24(19)14(11-28-19)18(27)22-13-4-5-15(21-9-13)23-8-2-3-12(10-23)17(20)26/h4-5,9,12,14H,2-3,6-8,10-11H2,1H3,(H2,20,26)(H,22,27). The van der Waals surface area contributed by atoms with Gasteiger partial charge in [-0.25, -0.2) is 4.98 Å². The second-order valence-electron chi connectivity index (χ2n) is 7.85. The number of hydrogen-bond acceptors (Lipinski definition) is 6. The number of primary amides is 1. The fraction of sp³-hybridized carbons (Fsp3) is 0.579. The van der Waals surface area contributed by atoms with Gasteiger partial charge in [0.1, 0.15) is 11.9 Å². The summed E-state index contributed by atoms with van der Waals surface area (Å²) in [6.45, 7) is 3.44. The number of carbonyl (C=O) groups is 3. The van der Waals surface area contributed by atoms with Crippen LogP contribution in [0.4, 0.5) is 11.5 Å². The number of piperidine rings is 1. The molecule has 8 nitrogen and oxygen atoms in total. The van der Waals surface area contributed by atoms with Crippen LogP contribution in [0.25, 0.3) is 0 Å². The molecular formula is C19H25N5O3S. The van der Waals surface area contributed by atoms with Gasteiger partial charge in [0.25, 0.3) is 0 Å². The SMILES string of the molecule is CC12CCC(=O)N1C(C(=O)Nc1ccc(N3CCCC(C(N)=O)C3)nc1)CS2. The third-order valence-corrected chi connectivity index (χ3v) is 7.42. The van der Waals surface area contributed by atoms with Crippen molar-refractivity contribution < 1.29 is 14.4 Å². The smallest absolute Gasteiger partial charge is 0.248 e. The van der Waals surface area contributed by atoms with Gasteiger partial charge in [0.05, 0.1) is 22.7 Å². The van der Waals surface area contributed by atoms with Crippen LogP contribution in [-0.2, 0) is 14.4 Å². The molecule has 3 N–H and O–H groups in total. The highest BCUT2D eigenvalue weighted by atomic mass is 32.2. The fourth-order valence-corrected chi connectivity index (χ4v) is 5.74. The molecule has 3 saturated heterocycles. The second kappa shape index (κ2) is 7.27. The molecule has 4 rings (SSSR count). The molecule has 3 amide bonds. The first-order valence-corrected chi connectivity index (χ1v) is 10.6.